The van der Waals surface area contributed by atoms with E-state index in [-0.39, 0.29) is 0 Å². The van der Waals surface area contributed by atoms with Gasteiger partial charge >= 0.3 is 0 Å². The molecule has 0 aliphatic heterocycles. The fraction of sp³-hybridized carbons (Fsp3) is 0.250. The van der Waals surface area contributed by atoms with Gasteiger partial charge in [-0.2, -0.15) is 0 Å². The Hall–Kier alpha value is -2.01. The van der Waals surface area contributed by atoms with E-state index in [1.54, 1.807) is 16.8 Å². The van der Waals surface area contributed by atoms with E-state index in [4.69, 9.17) is 4.84 Å². The minimum atomic E-state index is 0.467. The molecule has 0 unspecified atom stereocenters. The van der Waals surface area contributed by atoms with E-state index >= 15 is 0 Å². The first-order chi connectivity index (χ1) is 8.20. The first-order valence-corrected chi connectivity index (χ1v) is 5.30. The molecule has 0 aromatic carbocycles. The zero-order valence-electron chi connectivity index (χ0n) is 9.88. The predicted octanol–water partition coefficient (Wildman–Crippen LogP) is 1.72. The summed E-state index contributed by atoms with van der Waals surface area (Å²) in [4.78, 5) is 16.0. The lowest BCUT2D eigenvalue weighted by Gasteiger charge is -2.05. The predicted molar refractivity (Wildman–Crippen MR) is 64.6 cm³/mol. The Labute approximate surface area is 99.6 Å². The molecule has 0 aliphatic carbocycles. The van der Waals surface area contributed by atoms with Crippen molar-refractivity contribution < 1.29 is 9.63 Å². The highest BCUT2D eigenvalue weighted by Crippen LogP contribution is 2.11. The van der Waals surface area contributed by atoms with E-state index < -0.39 is 0 Å². The Morgan fingerprint density at radius 2 is 2.24 bits per heavy atom. The number of nitrogens with one attached hydrogen (secondary N) is 1. The molecule has 0 fully saturated rings. The molecule has 0 atom stereocenters. The van der Waals surface area contributed by atoms with Crippen molar-refractivity contribution in [2.45, 2.75) is 6.61 Å². The second kappa shape index (κ2) is 4.88. The Bertz CT molecular complexity index is 514. The summed E-state index contributed by atoms with van der Waals surface area (Å²) in [6, 6.07) is 5.69. The maximum absolute atomic E-state index is 10.7. The van der Waals surface area contributed by atoms with Gasteiger partial charge in [-0.3, -0.25) is 15.1 Å². The minimum Gasteiger partial charge on any atom is -0.352 e. The monoisotopic (exact) mass is 233 g/mol. The molecule has 0 spiro atoms. The number of carbonyl (C=O) groups is 1. The maximum atomic E-state index is 10.7. The normalized spacial score (nSPS) is 10.5. The molecule has 0 amide bonds. The van der Waals surface area contributed by atoms with Gasteiger partial charge in [-0.05, 0) is 18.2 Å². The number of nitrogens with zero attached hydrogens (tertiary/aromatic N) is 2. The molecule has 90 valence electrons. The number of anilines is 1. The minimum absolute atomic E-state index is 0.467. The number of aldehydes is 1. The van der Waals surface area contributed by atoms with Crippen LogP contribution in [-0.4, -0.2) is 15.4 Å². The molecule has 2 aromatic heterocycles. The van der Waals surface area contributed by atoms with Crippen LogP contribution < -0.4 is 5.48 Å². The van der Waals surface area contributed by atoms with Crippen LogP contribution in [0.2, 0.25) is 0 Å². The number of carbonyl (C=O) groups excluding carboxylic acids is 1. The number of hydrogen-bond donors (Lipinski definition) is 1. The number of rotatable bonds is 5. The summed E-state index contributed by atoms with van der Waals surface area (Å²) in [6.45, 7) is 0.467. The van der Waals surface area contributed by atoms with Crippen LogP contribution in [0.5, 0.6) is 0 Å². The van der Waals surface area contributed by atoms with Crippen LogP contribution in [0.4, 0.5) is 5.69 Å². The molecular weight excluding hydrogens is 218 g/mol. The fourth-order valence-electron chi connectivity index (χ4n) is 1.59. The summed E-state index contributed by atoms with van der Waals surface area (Å²) in [5.41, 5.74) is 5.26. The first kappa shape index (κ1) is 11.5. The smallest absolute Gasteiger partial charge is 0.166 e. The molecule has 0 saturated heterocycles. The summed E-state index contributed by atoms with van der Waals surface area (Å²) in [6.07, 6.45) is 4.57. The van der Waals surface area contributed by atoms with Crippen molar-refractivity contribution in [2.24, 2.45) is 14.1 Å². The highest BCUT2D eigenvalue weighted by Gasteiger charge is 2.02. The lowest BCUT2D eigenvalue weighted by molar-refractivity contribution is 0.111. The third kappa shape index (κ3) is 2.57. The molecule has 5 nitrogen and oxygen atoms in total. The molecular formula is C12H15N3O2. The van der Waals surface area contributed by atoms with Gasteiger partial charge in [0.1, 0.15) is 6.61 Å². The van der Waals surface area contributed by atoms with Crippen LogP contribution in [0.15, 0.2) is 30.6 Å². The van der Waals surface area contributed by atoms with Crippen LogP contribution in [0.25, 0.3) is 0 Å². The van der Waals surface area contributed by atoms with Gasteiger partial charge in [0.05, 0.1) is 11.4 Å². The summed E-state index contributed by atoms with van der Waals surface area (Å²) < 4.78 is 3.73. The van der Waals surface area contributed by atoms with Crippen LogP contribution in [0.1, 0.15) is 16.2 Å². The summed E-state index contributed by atoms with van der Waals surface area (Å²) >= 11 is 0. The van der Waals surface area contributed by atoms with Gasteiger partial charge < -0.3 is 9.13 Å². The quantitative estimate of drug-likeness (QED) is 0.632. The van der Waals surface area contributed by atoms with Gasteiger partial charge in [0, 0.05) is 32.2 Å². The van der Waals surface area contributed by atoms with Crippen LogP contribution in [-0.2, 0) is 25.5 Å². The Morgan fingerprint density at radius 3 is 2.82 bits per heavy atom. The molecule has 5 heteroatoms. The standard InChI is InChI=1S/C12H15N3O2/c1-14-5-3-4-11(14)9-17-13-10-6-12(8-16)15(2)7-10/h3-8,13H,9H2,1-2H3. The maximum Gasteiger partial charge on any atom is 0.166 e. The van der Waals surface area contributed by atoms with Gasteiger partial charge in [0.25, 0.3) is 0 Å². The molecule has 0 radical (unpaired) electrons. The summed E-state index contributed by atoms with van der Waals surface area (Å²) in [5, 5.41) is 0. The molecule has 0 bridgehead atoms. The summed E-state index contributed by atoms with van der Waals surface area (Å²) in [5.74, 6) is 0. The topological polar surface area (TPSA) is 48.2 Å². The van der Waals surface area contributed by atoms with E-state index in [1.807, 2.05) is 37.0 Å². The van der Waals surface area contributed by atoms with Crippen LogP contribution >= 0.6 is 0 Å². The van der Waals surface area contributed by atoms with E-state index in [2.05, 4.69) is 5.48 Å². The van der Waals surface area contributed by atoms with E-state index in [1.165, 1.54) is 0 Å². The van der Waals surface area contributed by atoms with Crippen molar-refractivity contribution in [3.05, 3.63) is 42.0 Å². The molecule has 2 rings (SSSR count). The van der Waals surface area contributed by atoms with Crippen molar-refractivity contribution in [3.8, 4) is 0 Å². The largest absolute Gasteiger partial charge is 0.352 e. The first-order valence-electron chi connectivity index (χ1n) is 5.30. The van der Waals surface area contributed by atoms with Crippen LogP contribution in [0, 0.1) is 0 Å². The SMILES string of the molecule is Cn1cc(NOCc2cccn2C)cc1C=O. The molecule has 2 aromatic rings. The lowest BCUT2D eigenvalue weighted by atomic mass is 10.4. The Balaban J connectivity index is 1.90. The van der Waals surface area contributed by atoms with Crippen molar-refractivity contribution in [3.63, 3.8) is 0 Å². The number of aryl methyl sites for hydroxylation is 2. The zero-order valence-corrected chi connectivity index (χ0v) is 9.88. The molecule has 17 heavy (non-hydrogen) atoms. The van der Waals surface area contributed by atoms with Gasteiger partial charge in [-0.15, -0.1) is 0 Å². The van der Waals surface area contributed by atoms with Gasteiger partial charge in [0.15, 0.2) is 6.29 Å². The third-order valence-corrected chi connectivity index (χ3v) is 2.63. The molecule has 0 aliphatic rings. The zero-order chi connectivity index (χ0) is 12.3. The van der Waals surface area contributed by atoms with Crippen LogP contribution in [0.3, 0.4) is 0 Å². The van der Waals surface area contributed by atoms with E-state index in [9.17, 15) is 4.79 Å². The average molecular weight is 233 g/mol. The van der Waals surface area contributed by atoms with Gasteiger partial charge in [-0.25, -0.2) is 0 Å². The Morgan fingerprint density at radius 1 is 1.41 bits per heavy atom. The van der Waals surface area contributed by atoms with Gasteiger partial charge in [-0.1, -0.05) is 0 Å². The van der Waals surface area contributed by atoms with E-state index in [0.717, 1.165) is 17.7 Å². The third-order valence-electron chi connectivity index (χ3n) is 2.63. The van der Waals surface area contributed by atoms with Crippen molar-refractivity contribution in [1.29, 1.82) is 0 Å². The lowest BCUT2D eigenvalue weighted by Crippen LogP contribution is -2.04. The molecule has 2 heterocycles. The second-order valence-corrected chi connectivity index (χ2v) is 3.88. The average Bonchev–Trinajstić information content (AvgIpc) is 2.86. The van der Waals surface area contributed by atoms with E-state index in [0.29, 0.717) is 12.3 Å². The van der Waals surface area contributed by atoms with Crippen molar-refractivity contribution in [2.75, 3.05) is 5.48 Å². The van der Waals surface area contributed by atoms with Gasteiger partial charge in [0.2, 0.25) is 0 Å². The highest BCUT2D eigenvalue weighted by molar-refractivity contribution is 5.75. The summed E-state index contributed by atoms with van der Waals surface area (Å²) in [7, 11) is 3.78. The van der Waals surface area contributed by atoms with Crippen molar-refractivity contribution in [1.82, 2.24) is 9.13 Å². The number of aromatic nitrogens is 2. The Kier molecular flexibility index (Phi) is 3.30. The highest BCUT2D eigenvalue weighted by atomic mass is 16.6. The van der Waals surface area contributed by atoms with Crippen molar-refractivity contribution >= 4 is 12.0 Å². The molecule has 0 saturated carbocycles. The second-order valence-electron chi connectivity index (χ2n) is 3.88. The fourth-order valence-corrected chi connectivity index (χ4v) is 1.59. The number of hydrogen-bond acceptors (Lipinski definition) is 3. The molecule has 1 N–H and O–H groups in total.